The number of anilines is 1. The van der Waals surface area contributed by atoms with Crippen molar-refractivity contribution in [3.63, 3.8) is 0 Å². The van der Waals surface area contributed by atoms with Gasteiger partial charge in [-0.05, 0) is 31.0 Å². The van der Waals surface area contributed by atoms with Crippen LogP contribution in [-0.4, -0.2) is 31.4 Å². The molecule has 5 heteroatoms. The molecule has 21 heavy (non-hydrogen) atoms. The monoisotopic (exact) mass is 288 g/mol. The van der Waals surface area contributed by atoms with Crippen LogP contribution in [0.1, 0.15) is 18.4 Å². The number of hydrogen-bond acceptors (Lipinski definition) is 5. The van der Waals surface area contributed by atoms with Crippen molar-refractivity contribution in [1.29, 1.82) is 0 Å². The van der Waals surface area contributed by atoms with Crippen LogP contribution in [0.5, 0.6) is 5.75 Å². The van der Waals surface area contributed by atoms with Crippen LogP contribution in [-0.2, 0) is 16.1 Å². The molecule has 0 atom stereocenters. The zero-order valence-electron chi connectivity index (χ0n) is 12.2. The predicted molar refractivity (Wildman–Crippen MR) is 81.3 cm³/mol. The third-order valence-electron chi connectivity index (χ3n) is 3.78. The average Bonchev–Trinajstić information content (AvgIpc) is 2.53. The second kappa shape index (κ2) is 6.28. The first-order valence-corrected chi connectivity index (χ1v) is 7.19. The third-order valence-corrected chi connectivity index (χ3v) is 3.78. The number of benzene rings is 1. The molecule has 1 saturated heterocycles. The van der Waals surface area contributed by atoms with Crippen molar-refractivity contribution in [2.45, 2.75) is 25.6 Å². The summed E-state index contributed by atoms with van der Waals surface area (Å²) in [6, 6.07) is 7.83. The molecule has 5 nitrogen and oxygen atoms in total. The number of nitrogens with two attached hydrogens (primary N) is 1. The Morgan fingerprint density at radius 3 is 2.86 bits per heavy atom. The third kappa shape index (κ3) is 3.25. The lowest BCUT2D eigenvalue weighted by Gasteiger charge is -2.22. The van der Waals surface area contributed by atoms with Crippen LogP contribution < -0.4 is 10.5 Å². The van der Waals surface area contributed by atoms with Gasteiger partial charge < -0.3 is 19.9 Å². The van der Waals surface area contributed by atoms with E-state index in [4.69, 9.17) is 19.9 Å². The van der Waals surface area contributed by atoms with Gasteiger partial charge >= 0.3 is 0 Å². The Morgan fingerprint density at radius 2 is 2.10 bits per heavy atom. The Kier molecular flexibility index (Phi) is 4.22. The summed E-state index contributed by atoms with van der Waals surface area (Å²) in [7, 11) is 1.64. The predicted octanol–water partition coefficient (Wildman–Crippen LogP) is 2.52. The SMILES string of the molecule is COc1ccc2cc(COC3CCOCC3)c(N)nc2c1. The number of fused-ring (bicyclic) bond motifs is 1. The van der Waals surface area contributed by atoms with E-state index in [0.717, 1.165) is 48.3 Å². The van der Waals surface area contributed by atoms with E-state index in [1.165, 1.54) is 0 Å². The van der Waals surface area contributed by atoms with E-state index in [-0.39, 0.29) is 6.10 Å². The van der Waals surface area contributed by atoms with E-state index in [9.17, 15) is 0 Å². The topological polar surface area (TPSA) is 66.6 Å². The van der Waals surface area contributed by atoms with Gasteiger partial charge in [0.25, 0.3) is 0 Å². The number of hydrogen-bond donors (Lipinski definition) is 1. The number of nitrogens with zero attached hydrogens (tertiary/aromatic N) is 1. The van der Waals surface area contributed by atoms with Gasteiger partial charge in [0.05, 0.1) is 25.3 Å². The van der Waals surface area contributed by atoms with Crippen molar-refractivity contribution < 1.29 is 14.2 Å². The van der Waals surface area contributed by atoms with Gasteiger partial charge in [-0.25, -0.2) is 4.98 Å². The van der Waals surface area contributed by atoms with Crippen molar-refractivity contribution in [2.75, 3.05) is 26.1 Å². The highest BCUT2D eigenvalue weighted by atomic mass is 16.5. The quantitative estimate of drug-likeness (QED) is 0.936. The molecule has 0 aliphatic carbocycles. The Bertz CT molecular complexity index is 624. The first-order chi connectivity index (χ1) is 10.3. The van der Waals surface area contributed by atoms with Crippen molar-refractivity contribution in [1.82, 2.24) is 4.98 Å². The number of pyridine rings is 1. The number of rotatable bonds is 4. The summed E-state index contributed by atoms with van der Waals surface area (Å²) in [6.07, 6.45) is 2.14. The molecule has 0 amide bonds. The highest BCUT2D eigenvalue weighted by Gasteiger charge is 2.15. The van der Waals surface area contributed by atoms with Gasteiger partial charge in [-0.15, -0.1) is 0 Å². The van der Waals surface area contributed by atoms with Crippen molar-refractivity contribution in [2.24, 2.45) is 0 Å². The fourth-order valence-corrected chi connectivity index (χ4v) is 2.50. The second-order valence-electron chi connectivity index (χ2n) is 5.21. The van der Waals surface area contributed by atoms with Crippen LogP contribution in [0.15, 0.2) is 24.3 Å². The number of aromatic nitrogens is 1. The van der Waals surface area contributed by atoms with Crippen molar-refractivity contribution in [3.8, 4) is 5.75 Å². The molecule has 2 aromatic rings. The molecule has 1 fully saturated rings. The van der Waals surface area contributed by atoms with Crippen LogP contribution in [0.4, 0.5) is 5.82 Å². The molecule has 2 heterocycles. The second-order valence-corrected chi connectivity index (χ2v) is 5.21. The lowest BCUT2D eigenvalue weighted by Crippen LogP contribution is -2.23. The highest BCUT2D eigenvalue weighted by molar-refractivity contribution is 5.82. The smallest absolute Gasteiger partial charge is 0.129 e. The Labute approximate surface area is 124 Å². The first-order valence-electron chi connectivity index (χ1n) is 7.19. The maximum absolute atomic E-state index is 6.04. The molecular formula is C16H20N2O3. The molecule has 2 N–H and O–H groups in total. The maximum Gasteiger partial charge on any atom is 0.129 e. The van der Waals surface area contributed by atoms with Crippen LogP contribution in [0.3, 0.4) is 0 Å². The summed E-state index contributed by atoms with van der Waals surface area (Å²) in [5.74, 6) is 1.29. The van der Waals surface area contributed by atoms with Gasteiger partial charge in [0.15, 0.2) is 0 Å². The lowest BCUT2D eigenvalue weighted by molar-refractivity contribution is -0.0389. The highest BCUT2D eigenvalue weighted by Crippen LogP contribution is 2.24. The normalized spacial score (nSPS) is 16.2. The van der Waals surface area contributed by atoms with E-state index >= 15 is 0 Å². The largest absolute Gasteiger partial charge is 0.497 e. The summed E-state index contributed by atoms with van der Waals surface area (Å²) < 4.78 is 16.4. The fourth-order valence-electron chi connectivity index (χ4n) is 2.50. The van der Waals surface area contributed by atoms with E-state index in [1.54, 1.807) is 7.11 Å². The summed E-state index contributed by atoms with van der Waals surface area (Å²) >= 11 is 0. The minimum atomic E-state index is 0.254. The summed E-state index contributed by atoms with van der Waals surface area (Å²) in [5.41, 5.74) is 7.80. The average molecular weight is 288 g/mol. The zero-order valence-corrected chi connectivity index (χ0v) is 12.2. The van der Waals surface area contributed by atoms with Crippen LogP contribution in [0.2, 0.25) is 0 Å². The molecule has 0 radical (unpaired) electrons. The van der Waals surface area contributed by atoms with Crippen LogP contribution in [0, 0.1) is 0 Å². The van der Waals surface area contributed by atoms with Gasteiger partial charge in [-0.1, -0.05) is 0 Å². The molecule has 0 spiro atoms. The fraction of sp³-hybridized carbons (Fsp3) is 0.438. The molecule has 1 aliphatic heterocycles. The zero-order chi connectivity index (χ0) is 14.7. The van der Waals surface area contributed by atoms with E-state index in [0.29, 0.717) is 12.4 Å². The summed E-state index contributed by atoms with van der Waals surface area (Å²) in [4.78, 5) is 4.44. The van der Waals surface area contributed by atoms with E-state index < -0.39 is 0 Å². The van der Waals surface area contributed by atoms with Gasteiger partial charge in [0.1, 0.15) is 11.6 Å². The number of nitrogen functional groups attached to an aromatic ring is 1. The standard InChI is InChI=1S/C16H20N2O3/c1-19-14-3-2-11-8-12(16(17)18-15(11)9-14)10-21-13-4-6-20-7-5-13/h2-3,8-9,13H,4-7,10H2,1H3,(H2,17,18). The molecular weight excluding hydrogens is 268 g/mol. The molecule has 0 unspecified atom stereocenters. The molecule has 1 aliphatic rings. The van der Waals surface area contributed by atoms with Crippen LogP contribution in [0.25, 0.3) is 10.9 Å². The molecule has 0 bridgehead atoms. The summed E-state index contributed by atoms with van der Waals surface area (Å²) in [5, 5.41) is 1.04. The molecule has 1 aromatic carbocycles. The number of methoxy groups -OCH3 is 1. The van der Waals surface area contributed by atoms with Gasteiger partial charge in [-0.2, -0.15) is 0 Å². The van der Waals surface area contributed by atoms with Crippen molar-refractivity contribution >= 4 is 16.7 Å². The van der Waals surface area contributed by atoms with Crippen LogP contribution >= 0.6 is 0 Å². The van der Waals surface area contributed by atoms with Crippen molar-refractivity contribution in [3.05, 3.63) is 29.8 Å². The lowest BCUT2D eigenvalue weighted by atomic mass is 10.1. The molecule has 112 valence electrons. The van der Waals surface area contributed by atoms with E-state index in [1.807, 2.05) is 24.3 Å². The first kappa shape index (κ1) is 14.1. The van der Waals surface area contributed by atoms with Gasteiger partial charge in [-0.3, -0.25) is 0 Å². The molecule has 3 rings (SSSR count). The minimum Gasteiger partial charge on any atom is -0.497 e. The molecule has 1 aromatic heterocycles. The van der Waals surface area contributed by atoms with Gasteiger partial charge in [0.2, 0.25) is 0 Å². The molecule has 0 saturated carbocycles. The number of ether oxygens (including phenoxy) is 3. The van der Waals surface area contributed by atoms with E-state index in [2.05, 4.69) is 4.98 Å². The maximum atomic E-state index is 6.04. The minimum absolute atomic E-state index is 0.254. The summed E-state index contributed by atoms with van der Waals surface area (Å²) in [6.45, 7) is 2.04. The Morgan fingerprint density at radius 1 is 1.29 bits per heavy atom. The Balaban J connectivity index is 1.77. The Hall–Kier alpha value is -1.85. The van der Waals surface area contributed by atoms with Gasteiger partial charge in [0, 0.05) is 30.2 Å².